The van der Waals surface area contributed by atoms with Crippen LogP contribution in [0.5, 0.6) is 0 Å². The van der Waals surface area contributed by atoms with Gasteiger partial charge in [0.15, 0.2) is 0 Å². The van der Waals surface area contributed by atoms with Gasteiger partial charge in [0, 0.05) is 24.3 Å². The zero-order chi connectivity index (χ0) is 11.4. The van der Waals surface area contributed by atoms with E-state index in [0.29, 0.717) is 17.9 Å². The molecule has 5 heteroatoms. The molecule has 0 aromatic carbocycles. The second kappa shape index (κ2) is 7.49. The van der Waals surface area contributed by atoms with Crippen LogP contribution in [-0.4, -0.2) is 48.5 Å². The summed E-state index contributed by atoms with van der Waals surface area (Å²) in [6, 6.07) is 0.511. The van der Waals surface area contributed by atoms with E-state index in [-0.39, 0.29) is 12.4 Å². The first kappa shape index (κ1) is 15.1. The molecule has 0 radical (unpaired) electrons. The SMILES string of the molecule is CSCC1CCCN1C(=O)C1CCNCC1.Cl. The number of thioether (sulfide) groups is 1. The Hall–Kier alpha value is 0.0700. The molecule has 1 amide bonds. The van der Waals surface area contributed by atoms with Crippen molar-refractivity contribution < 1.29 is 4.79 Å². The number of amides is 1. The Morgan fingerprint density at radius 1 is 1.35 bits per heavy atom. The van der Waals surface area contributed by atoms with Gasteiger partial charge in [0.2, 0.25) is 5.91 Å². The lowest BCUT2D eigenvalue weighted by atomic mass is 9.96. The van der Waals surface area contributed by atoms with Gasteiger partial charge in [-0.1, -0.05) is 0 Å². The molecule has 0 saturated carbocycles. The van der Waals surface area contributed by atoms with Crippen LogP contribution in [0.3, 0.4) is 0 Å². The monoisotopic (exact) mass is 278 g/mol. The van der Waals surface area contributed by atoms with Gasteiger partial charge in [-0.05, 0) is 45.0 Å². The molecular weight excluding hydrogens is 256 g/mol. The van der Waals surface area contributed by atoms with Gasteiger partial charge in [0.05, 0.1) is 0 Å². The Balaban J connectivity index is 0.00000144. The van der Waals surface area contributed by atoms with E-state index in [9.17, 15) is 4.79 Å². The van der Waals surface area contributed by atoms with Crippen molar-refractivity contribution in [1.82, 2.24) is 10.2 Å². The normalized spacial score (nSPS) is 25.7. The molecule has 2 fully saturated rings. The summed E-state index contributed by atoms with van der Waals surface area (Å²) >= 11 is 1.86. The van der Waals surface area contributed by atoms with Crippen molar-refractivity contribution in [1.29, 1.82) is 0 Å². The highest BCUT2D eigenvalue weighted by Crippen LogP contribution is 2.25. The minimum Gasteiger partial charge on any atom is -0.339 e. The molecule has 0 spiro atoms. The van der Waals surface area contributed by atoms with E-state index in [4.69, 9.17) is 0 Å². The molecule has 1 atom stereocenters. The van der Waals surface area contributed by atoms with Gasteiger partial charge in [-0.3, -0.25) is 4.79 Å². The predicted molar refractivity (Wildman–Crippen MR) is 76.0 cm³/mol. The van der Waals surface area contributed by atoms with E-state index in [1.807, 2.05) is 11.8 Å². The average Bonchev–Trinajstić information content (AvgIpc) is 2.78. The second-order valence-corrected chi connectivity index (χ2v) is 5.72. The molecule has 0 aromatic rings. The number of halogens is 1. The van der Waals surface area contributed by atoms with Crippen molar-refractivity contribution in [3.63, 3.8) is 0 Å². The summed E-state index contributed by atoms with van der Waals surface area (Å²) in [5.74, 6) is 1.83. The largest absolute Gasteiger partial charge is 0.339 e. The highest BCUT2D eigenvalue weighted by Gasteiger charge is 2.32. The third-order valence-corrected chi connectivity index (χ3v) is 4.43. The Labute approximate surface area is 114 Å². The smallest absolute Gasteiger partial charge is 0.226 e. The van der Waals surface area contributed by atoms with Crippen molar-refractivity contribution in [2.24, 2.45) is 5.92 Å². The summed E-state index contributed by atoms with van der Waals surface area (Å²) in [6.45, 7) is 3.02. The third kappa shape index (κ3) is 3.76. The Bertz CT molecular complexity index is 247. The van der Waals surface area contributed by atoms with Crippen molar-refractivity contribution in [3.8, 4) is 0 Å². The first-order valence-corrected chi connectivity index (χ1v) is 7.72. The maximum absolute atomic E-state index is 12.4. The summed E-state index contributed by atoms with van der Waals surface area (Å²) in [4.78, 5) is 14.5. The fourth-order valence-corrected chi connectivity index (χ4v) is 3.53. The lowest BCUT2D eigenvalue weighted by Crippen LogP contribution is -2.44. The molecular formula is C12H23ClN2OS. The Kier molecular flexibility index (Phi) is 6.67. The van der Waals surface area contributed by atoms with Gasteiger partial charge in [-0.2, -0.15) is 11.8 Å². The molecule has 2 heterocycles. The fraction of sp³-hybridized carbons (Fsp3) is 0.917. The van der Waals surface area contributed by atoms with Crippen LogP contribution in [0.4, 0.5) is 0 Å². The third-order valence-electron chi connectivity index (χ3n) is 3.71. The van der Waals surface area contributed by atoms with Crippen molar-refractivity contribution >= 4 is 30.1 Å². The van der Waals surface area contributed by atoms with Gasteiger partial charge >= 0.3 is 0 Å². The molecule has 0 aromatic heterocycles. The molecule has 2 rings (SSSR count). The zero-order valence-electron chi connectivity index (χ0n) is 10.5. The van der Waals surface area contributed by atoms with E-state index < -0.39 is 0 Å². The number of nitrogens with one attached hydrogen (secondary N) is 1. The molecule has 1 unspecified atom stereocenters. The lowest BCUT2D eigenvalue weighted by molar-refractivity contribution is -0.136. The molecule has 0 bridgehead atoms. The van der Waals surface area contributed by atoms with Crippen LogP contribution in [0.1, 0.15) is 25.7 Å². The van der Waals surface area contributed by atoms with E-state index in [2.05, 4.69) is 16.5 Å². The highest BCUT2D eigenvalue weighted by molar-refractivity contribution is 7.98. The minimum absolute atomic E-state index is 0. The molecule has 2 aliphatic heterocycles. The molecule has 2 aliphatic rings. The van der Waals surface area contributed by atoms with Crippen LogP contribution in [-0.2, 0) is 4.79 Å². The van der Waals surface area contributed by atoms with E-state index >= 15 is 0 Å². The number of nitrogens with zero attached hydrogens (tertiary/aromatic N) is 1. The number of piperidine rings is 1. The summed E-state index contributed by atoms with van der Waals surface area (Å²) in [5.41, 5.74) is 0. The molecule has 17 heavy (non-hydrogen) atoms. The number of carbonyl (C=O) groups is 1. The molecule has 1 N–H and O–H groups in total. The molecule has 0 aliphatic carbocycles. The lowest BCUT2D eigenvalue weighted by Gasteiger charge is -2.30. The summed E-state index contributed by atoms with van der Waals surface area (Å²) < 4.78 is 0. The van der Waals surface area contributed by atoms with Gasteiger partial charge < -0.3 is 10.2 Å². The van der Waals surface area contributed by atoms with Gasteiger partial charge in [0.25, 0.3) is 0 Å². The van der Waals surface area contributed by atoms with Gasteiger partial charge in [0.1, 0.15) is 0 Å². The number of likely N-dealkylation sites (tertiary alicyclic amines) is 1. The quantitative estimate of drug-likeness (QED) is 0.854. The van der Waals surface area contributed by atoms with Crippen LogP contribution >= 0.6 is 24.2 Å². The minimum atomic E-state index is 0. The maximum Gasteiger partial charge on any atom is 0.226 e. The summed E-state index contributed by atoms with van der Waals surface area (Å²) in [6.07, 6.45) is 6.59. The van der Waals surface area contributed by atoms with Crippen LogP contribution in [0, 0.1) is 5.92 Å². The second-order valence-electron chi connectivity index (χ2n) is 4.81. The number of hydrogen-bond acceptors (Lipinski definition) is 3. The van der Waals surface area contributed by atoms with E-state index in [1.54, 1.807) is 0 Å². The molecule has 2 saturated heterocycles. The number of hydrogen-bond donors (Lipinski definition) is 1. The highest BCUT2D eigenvalue weighted by atomic mass is 35.5. The number of carbonyl (C=O) groups excluding carboxylic acids is 1. The van der Waals surface area contributed by atoms with Gasteiger partial charge in [-0.15, -0.1) is 12.4 Å². The first-order valence-electron chi connectivity index (χ1n) is 6.33. The van der Waals surface area contributed by atoms with E-state index in [1.165, 1.54) is 12.8 Å². The average molecular weight is 279 g/mol. The van der Waals surface area contributed by atoms with Crippen molar-refractivity contribution in [2.45, 2.75) is 31.7 Å². The maximum atomic E-state index is 12.4. The van der Waals surface area contributed by atoms with Crippen LogP contribution in [0.25, 0.3) is 0 Å². The Morgan fingerprint density at radius 3 is 2.71 bits per heavy atom. The Morgan fingerprint density at radius 2 is 2.06 bits per heavy atom. The van der Waals surface area contributed by atoms with Crippen LogP contribution in [0.2, 0.25) is 0 Å². The summed E-state index contributed by atoms with van der Waals surface area (Å²) in [5, 5.41) is 3.32. The van der Waals surface area contributed by atoms with Gasteiger partial charge in [-0.25, -0.2) is 0 Å². The first-order chi connectivity index (χ1) is 7.83. The predicted octanol–water partition coefficient (Wildman–Crippen LogP) is 1.76. The standard InChI is InChI=1S/C12H22N2OS.ClH/c1-16-9-11-3-2-8-14(11)12(15)10-4-6-13-7-5-10;/h10-11,13H,2-9H2,1H3;1H. The summed E-state index contributed by atoms with van der Waals surface area (Å²) in [7, 11) is 0. The zero-order valence-corrected chi connectivity index (χ0v) is 12.1. The molecule has 3 nitrogen and oxygen atoms in total. The van der Waals surface area contributed by atoms with E-state index in [0.717, 1.165) is 38.2 Å². The van der Waals surface area contributed by atoms with Crippen LogP contribution < -0.4 is 5.32 Å². The van der Waals surface area contributed by atoms with Crippen molar-refractivity contribution in [2.75, 3.05) is 31.6 Å². The number of rotatable bonds is 3. The van der Waals surface area contributed by atoms with Crippen molar-refractivity contribution in [3.05, 3.63) is 0 Å². The van der Waals surface area contributed by atoms with Crippen LogP contribution in [0.15, 0.2) is 0 Å². The molecule has 100 valence electrons. The fourth-order valence-electron chi connectivity index (χ4n) is 2.79. The topological polar surface area (TPSA) is 32.3 Å².